The third-order valence-electron chi connectivity index (χ3n) is 8.58. The number of rotatable bonds is 12. The summed E-state index contributed by atoms with van der Waals surface area (Å²) in [4.78, 5) is 52.0. The number of aryl methyl sites for hydroxylation is 1. The number of para-hydroxylation sites is 1. The molecule has 276 valence electrons. The zero-order valence-electron chi connectivity index (χ0n) is 29.2. The van der Waals surface area contributed by atoms with Crippen molar-refractivity contribution in [2.75, 3.05) is 19.6 Å². The molecule has 1 fully saturated rings. The number of aromatic amines is 1. The molecule has 5 aromatic rings. The van der Waals surface area contributed by atoms with Crippen molar-refractivity contribution in [3.05, 3.63) is 138 Å². The molecule has 53 heavy (non-hydrogen) atoms. The molecule has 1 saturated heterocycles. The van der Waals surface area contributed by atoms with Crippen LogP contribution in [0.5, 0.6) is 5.75 Å². The van der Waals surface area contributed by atoms with E-state index in [2.05, 4.69) is 32.5 Å². The van der Waals surface area contributed by atoms with E-state index in [1.807, 2.05) is 43.5 Å². The van der Waals surface area contributed by atoms with Crippen molar-refractivity contribution in [2.45, 2.75) is 43.5 Å². The van der Waals surface area contributed by atoms with Crippen molar-refractivity contribution >= 4 is 39.8 Å². The molecule has 6 rings (SSSR count). The molecule has 0 bridgehead atoms. The Kier molecular flexibility index (Phi) is 13.5. The van der Waals surface area contributed by atoms with E-state index in [0.29, 0.717) is 17.1 Å². The average Bonchev–Trinajstić information content (AvgIpc) is 3.65. The van der Waals surface area contributed by atoms with Gasteiger partial charge >= 0.3 is 6.03 Å². The number of phenolic OH excluding ortho intramolecular Hbond substituents is 1. The number of hydrogen-bond acceptors (Lipinski definition) is 8. The van der Waals surface area contributed by atoms with Gasteiger partial charge in [-0.05, 0) is 77.0 Å². The van der Waals surface area contributed by atoms with Crippen LogP contribution in [0, 0.1) is 6.92 Å². The minimum atomic E-state index is -2.09. The molecule has 0 spiro atoms. The van der Waals surface area contributed by atoms with Crippen LogP contribution in [0.2, 0.25) is 0 Å². The van der Waals surface area contributed by atoms with E-state index >= 15 is 0 Å². The first kappa shape index (κ1) is 38.4. The topological polar surface area (TPSA) is 183 Å². The number of amides is 4. The zero-order valence-corrected chi connectivity index (χ0v) is 30.1. The van der Waals surface area contributed by atoms with Gasteiger partial charge in [0.2, 0.25) is 11.8 Å². The molecule has 3 aromatic carbocycles. The lowest BCUT2D eigenvalue weighted by atomic mass is 9.98. The molecule has 13 nitrogen and oxygen atoms in total. The van der Waals surface area contributed by atoms with Crippen LogP contribution >= 0.6 is 0 Å². The van der Waals surface area contributed by atoms with Crippen LogP contribution in [-0.4, -0.2) is 83.3 Å². The van der Waals surface area contributed by atoms with Gasteiger partial charge in [-0.25, -0.2) is 4.79 Å². The Morgan fingerprint density at radius 2 is 1.83 bits per heavy atom. The number of nitrogens with zero attached hydrogens (tertiary/aromatic N) is 3. The lowest BCUT2D eigenvalue weighted by Crippen LogP contribution is -2.69. The number of fused-ring (bicyclic) bond motifs is 1. The smallest absolute Gasteiger partial charge is 0.316 e. The van der Waals surface area contributed by atoms with E-state index in [4.69, 9.17) is 0 Å². The number of pyridine rings is 1. The molecule has 5 N–H and O–H groups in total. The molecule has 4 amide bonds. The highest BCUT2D eigenvalue weighted by Crippen LogP contribution is 2.25. The van der Waals surface area contributed by atoms with Crippen LogP contribution in [0.1, 0.15) is 22.4 Å². The molecule has 1 aliphatic heterocycles. The first-order valence-electron chi connectivity index (χ1n) is 17.0. The number of phenols is 1. The average molecular weight is 737 g/mol. The van der Waals surface area contributed by atoms with E-state index in [1.54, 1.807) is 77.8 Å². The molecule has 3 heterocycles. The number of H-pyrrole nitrogens is 1. The molecule has 1 aliphatic rings. The Morgan fingerprint density at radius 1 is 1.06 bits per heavy atom. The van der Waals surface area contributed by atoms with E-state index in [0.717, 1.165) is 27.6 Å². The van der Waals surface area contributed by atoms with Gasteiger partial charge in [0.25, 0.3) is 0 Å². The van der Waals surface area contributed by atoms with Gasteiger partial charge < -0.3 is 40.4 Å². The Hall–Kier alpha value is -5.83. The Morgan fingerprint density at radius 3 is 2.53 bits per heavy atom. The normalized spacial score (nSPS) is 16.0. The Bertz CT molecular complexity index is 2020. The minimum Gasteiger partial charge on any atom is -0.768 e. The van der Waals surface area contributed by atoms with E-state index < -0.39 is 29.3 Å². The number of hydrogen-bond donors (Lipinski definition) is 5. The summed E-state index contributed by atoms with van der Waals surface area (Å²) in [6.45, 7) is 6.54. The molecule has 2 aromatic heterocycles. The number of nitrogens with one attached hydrogen (secondary N) is 4. The number of carbonyl (C=O) groups excluding carboxylic acids is 3. The number of benzene rings is 3. The van der Waals surface area contributed by atoms with Crippen molar-refractivity contribution in [3.63, 3.8) is 0 Å². The summed E-state index contributed by atoms with van der Waals surface area (Å²) in [6.07, 6.45) is 4.53. The fraction of sp³-hybridized carbons (Fsp3) is 0.231. The molecule has 3 atom stereocenters. The monoisotopic (exact) mass is 736 g/mol. The first-order chi connectivity index (χ1) is 25.6. The van der Waals surface area contributed by atoms with Gasteiger partial charge in [0, 0.05) is 36.8 Å². The predicted octanol–water partition coefficient (Wildman–Crippen LogP) is 3.88. The van der Waals surface area contributed by atoms with Crippen LogP contribution in [0.25, 0.3) is 10.9 Å². The molecule has 1 unspecified atom stereocenters. The van der Waals surface area contributed by atoms with Crippen LogP contribution < -0.4 is 16.0 Å². The first-order valence-corrected chi connectivity index (χ1v) is 18.0. The maximum absolute atomic E-state index is 14.2. The summed E-state index contributed by atoms with van der Waals surface area (Å²) in [5, 5.41) is 19.6. The van der Waals surface area contributed by atoms with Gasteiger partial charge in [0.15, 0.2) is 0 Å². The molecule has 0 radical (unpaired) electrons. The second-order valence-electron chi connectivity index (χ2n) is 12.4. The summed E-state index contributed by atoms with van der Waals surface area (Å²) >= 11 is -2.09. The Labute approximate surface area is 310 Å². The quantitative estimate of drug-likeness (QED) is 0.0727. The summed E-state index contributed by atoms with van der Waals surface area (Å²) in [5.41, 5.74) is 4.36. The third-order valence-corrected chi connectivity index (χ3v) is 9.24. The highest BCUT2D eigenvalue weighted by molar-refractivity contribution is 7.79. The van der Waals surface area contributed by atoms with Crippen molar-refractivity contribution in [1.82, 2.24) is 35.7 Å². The standard InChI is InChI=1S/C32H35N7O4.C7H8O2S/c1-2-14-33-19-29(41)39-27(17-22-9-11-26(40)12-10-22)31(42)38(20-24-7-5-6-23-13-16-35-30(23)24)21-28(39)37-32(43)36-18-25-8-3-4-15-34-25;1-6-2-4-7(5-3-6)10(8)9/h2-13,15-16,27-28,33,35,40H,1,14,17-21H2,(H2,36,37,43);2-5H,1H3,(H,8,9)/p-1/t27-,28+;/m0./s1. The van der Waals surface area contributed by atoms with Gasteiger partial charge in [-0.3, -0.25) is 18.8 Å². The number of aromatic hydroxyl groups is 1. The van der Waals surface area contributed by atoms with E-state index in [1.165, 1.54) is 4.90 Å². The maximum Gasteiger partial charge on any atom is 0.316 e. The summed E-state index contributed by atoms with van der Waals surface area (Å²) < 4.78 is 20.6. The lowest BCUT2D eigenvalue weighted by molar-refractivity contribution is -0.156. The summed E-state index contributed by atoms with van der Waals surface area (Å²) in [5.74, 6) is -0.467. The molecular weight excluding hydrogens is 695 g/mol. The molecule has 14 heteroatoms. The highest BCUT2D eigenvalue weighted by atomic mass is 32.2. The van der Waals surface area contributed by atoms with Crippen molar-refractivity contribution in [3.8, 4) is 5.75 Å². The van der Waals surface area contributed by atoms with Gasteiger partial charge in [-0.1, -0.05) is 60.2 Å². The number of piperazine rings is 1. The zero-order chi connectivity index (χ0) is 37.7. The number of carbonyl (C=O) groups is 3. The van der Waals surface area contributed by atoms with Gasteiger partial charge in [-0.15, -0.1) is 6.58 Å². The lowest BCUT2D eigenvalue weighted by Gasteiger charge is -2.46. The molecular formula is C39H42N7O6S-. The van der Waals surface area contributed by atoms with E-state index in [-0.39, 0.29) is 50.2 Å². The van der Waals surface area contributed by atoms with Gasteiger partial charge in [-0.2, -0.15) is 0 Å². The van der Waals surface area contributed by atoms with Crippen LogP contribution in [-0.2, 0) is 40.2 Å². The van der Waals surface area contributed by atoms with Crippen LogP contribution in [0.15, 0.2) is 121 Å². The summed E-state index contributed by atoms with van der Waals surface area (Å²) in [7, 11) is 0. The van der Waals surface area contributed by atoms with Crippen molar-refractivity contribution in [1.29, 1.82) is 0 Å². The molecule has 0 aliphatic carbocycles. The number of aromatic nitrogens is 2. The maximum atomic E-state index is 14.2. The fourth-order valence-electron chi connectivity index (χ4n) is 5.96. The predicted molar refractivity (Wildman–Crippen MR) is 201 cm³/mol. The largest absolute Gasteiger partial charge is 0.768 e. The highest BCUT2D eigenvalue weighted by Gasteiger charge is 2.43. The van der Waals surface area contributed by atoms with E-state index in [9.17, 15) is 28.3 Å². The second-order valence-corrected chi connectivity index (χ2v) is 13.3. The summed E-state index contributed by atoms with van der Waals surface area (Å²) in [6, 6.07) is 25.1. The minimum absolute atomic E-state index is 0.0408. The number of urea groups is 1. The van der Waals surface area contributed by atoms with Gasteiger partial charge in [0.05, 0.1) is 30.8 Å². The van der Waals surface area contributed by atoms with Gasteiger partial charge in [0.1, 0.15) is 18.0 Å². The van der Waals surface area contributed by atoms with Crippen LogP contribution in [0.3, 0.4) is 0 Å². The Balaban J connectivity index is 0.000000469. The second kappa shape index (κ2) is 18.6. The van der Waals surface area contributed by atoms with Crippen LogP contribution in [0.4, 0.5) is 4.79 Å². The van der Waals surface area contributed by atoms with Crippen molar-refractivity contribution in [2.24, 2.45) is 0 Å². The SMILES string of the molecule is C=CCNCC(=O)N1[C@@H](NC(=O)NCc2ccccn2)CN(Cc2cccc3cc[nH]c23)C(=O)[C@@H]1Cc1ccc(O)cc1.Cc1ccc(S(=O)[O-])cc1. The fourth-order valence-corrected chi connectivity index (χ4v) is 6.32. The molecule has 0 saturated carbocycles. The third kappa shape index (κ3) is 10.6. The van der Waals surface area contributed by atoms with Crippen molar-refractivity contribution < 1.29 is 28.3 Å².